The third kappa shape index (κ3) is 5.76. The Bertz CT molecular complexity index is 2170. The first-order valence-electron chi connectivity index (χ1n) is 17.4. The first kappa shape index (κ1) is 28.9. The first-order chi connectivity index (χ1) is 24.5. The Labute approximate surface area is 289 Å². The van der Waals surface area contributed by atoms with Crippen molar-refractivity contribution >= 4 is 39.8 Å². The molecule has 49 heavy (non-hydrogen) atoms. The summed E-state index contributed by atoms with van der Waals surface area (Å²) < 4.78 is 27.8. The van der Waals surface area contributed by atoms with Crippen LogP contribution in [0.15, 0.2) is 55.1 Å². The van der Waals surface area contributed by atoms with E-state index < -0.39 is 29.9 Å². The number of fused-ring (bicyclic) bond motifs is 1. The SMILES string of the molecule is [2H]C([2H])(C(=O)N1CC=C(c2ncc(-c3ncn(C)n3)s2)CC1)N1C(=O)C2(CCNC2)C[C@@H]1n1nc(-c2cccc(OC(C)C)n2)c2ncccc21. The van der Waals surface area contributed by atoms with E-state index in [1.165, 1.54) is 16.2 Å². The predicted molar refractivity (Wildman–Crippen MR) is 183 cm³/mol. The van der Waals surface area contributed by atoms with Crippen LogP contribution in [-0.2, 0) is 16.6 Å². The van der Waals surface area contributed by atoms with Gasteiger partial charge >= 0.3 is 0 Å². The van der Waals surface area contributed by atoms with E-state index in [0.29, 0.717) is 60.1 Å². The van der Waals surface area contributed by atoms with Gasteiger partial charge in [0.25, 0.3) is 0 Å². The quantitative estimate of drug-likeness (QED) is 0.258. The number of nitrogens with one attached hydrogen (secondary N) is 1. The summed E-state index contributed by atoms with van der Waals surface area (Å²) in [5.41, 5.74) is 2.26. The van der Waals surface area contributed by atoms with Gasteiger partial charge in [0.1, 0.15) is 35.2 Å². The van der Waals surface area contributed by atoms with Crippen LogP contribution in [-0.4, -0.2) is 99.9 Å². The van der Waals surface area contributed by atoms with Crippen molar-refractivity contribution in [2.24, 2.45) is 12.5 Å². The number of thiazole rings is 1. The van der Waals surface area contributed by atoms with Crippen molar-refractivity contribution in [1.82, 2.24) is 54.6 Å². The fourth-order valence-electron chi connectivity index (χ4n) is 6.77. The van der Waals surface area contributed by atoms with E-state index in [4.69, 9.17) is 9.84 Å². The van der Waals surface area contributed by atoms with Crippen LogP contribution in [0.2, 0.25) is 0 Å². The second-order valence-electron chi connectivity index (χ2n) is 12.9. The van der Waals surface area contributed by atoms with Crippen LogP contribution in [0.5, 0.6) is 5.88 Å². The van der Waals surface area contributed by atoms with Gasteiger partial charge in [0.2, 0.25) is 17.7 Å². The molecule has 0 bridgehead atoms. The number of carbonyl (C=O) groups is 2. The molecule has 5 aromatic rings. The van der Waals surface area contributed by atoms with Gasteiger partial charge in [-0.3, -0.25) is 19.3 Å². The molecular weight excluding hydrogens is 643 g/mol. The molecule has 2 saturated heterocycles. The second-order valence-corrected chi connectivity index (χ2v) is 13.9. The minimum absolute atomic E-state index is 0.0776. The number of hydrogen-bond acceptors (Lipinski definition) is 11. The maximum absolute atomic E-state index is 14.4. The zero-order valence-corrected chi connectivity index (χ0v) is 28.2. The largest absolute Gasteiger partial charge is 0.475 e. The summed E-state index contributed by atoms with van der Waals surface area (Å²) in [6, 6.07) is 9.04. The molecule has 3 aliphatic heterocycles. The molecule has 8 heterocycles. The molecule has 8 rings (SSSR count). The van der Waals surface area contributed by atoms with Gasteiger partial charge in [0, 0.05) is 51.6 Å². The van der Waals surface area contributed by atoms with Crippen molar-refractivity contribution in [3.63, 3.8) is 0 Å². The van der Waals surface area contributed by atoms with E-state index in [1.807, 2.05) is 45.2 Å². The van der Waals surface area contributed by atoms with Crippen LogP contribution in [0.4, 0.5) is 0 Å². The molecule has 3 aliphatic rings. The van der Waals surface area contributed by atoms with E-state index in [-0.39, 0.29) is 25.6 Å². The van der Waals surface area contributed by atoms with E-state index in [9.17, 15) is 12.3 Å². The molecule has 2 fully saturated rings. The Kier molecular flexibility index (Phi) is 7.36. The first-order valence-corrected chi connectivity index (χ1v) is 17.2. The van der Waals surface area contributed by atoms with Crippen LogP contribution in [0, 0.1) is 5.41 Å². The Balaban J connectivity index is 1.11. The normalized spacial score (nSPS) is 21.9. The Morgan fingerprint density at radius 3 is 2.86 bits per heavy atom. The molecule has 1 spiro atoms. The predicted octanol–water partition coefficient (Wildman–Crippen LogP) is 3.56. The summed E-state index contributed by atoms with van der Waals surface area (Å²) in [6.07, 6.45) is 7.27. The third-order valence-corrected chi connectivity index (χ3v) is 10.2. The lowest BCUT2D eigenvalue weighted by Gasteiger charge is -2.30. The lowest BCUT2D eigenvalue weighted by molar-refractivity contribution is -0.143. The molecule has 14 nitrogen and oxygen atoms in total. The highest BCUT2D eigenvalue weighted by Crippen LogP contribution is 2.46. The summed E-state index contributed by atoms with van der Waals surface area (Å²) in [5, 5.41) is 13.4. The zero-order valence-electron chi connectivity index (χ0n) is 29.4. The zero-order chi connectivity index (χ0) is 35.5. The molecular formula is C34H37N11O3S. The van der Waals surface area contributed by atoms with Crippen molar-refractivity contribution < 1.29 is 17.1 Å². The molecule has 0 aromatic carbocycles. The van der Waals surface area contributed by atoms with E-state index in [2.05, 4.69) is 30.4 Å². The van der Waals surface area contributed by atoms with Crippen LogP contribution in [0.3, 0.4) is 0 Å². The topological polar surface area (TPSA) is 149 Å². The maximum Gasteiger partial charge on any atom is 0.242 e. The van der Waals surface area contributed by atoms with Crippen LogP contribution < -0.4 is 10.1 Å². The van der Waals surface area contributed by atoms with Gasteiger partial charge in [-0.2, -0.15) is 10.2 Å². The van der Waals surface area contributed by atoms with Gasteiger partial charge in [-0.1, -0.05) is 12.1 Å². The average Bonchev–Trinajstić information content (AvgIpc) is 3.96. The van der Waals surface area contributed by atoms with E-state index in [1.54, 1.807) is 40.2 Å². The Morgan fingerprint density at radius 2 is 2.10 bits per heavy atom. The summed E-state index contributed by atoms with van der Waals surface area (Å²) in [4.78, 5) is 50.2. The number of aryl methyl sites for hydroxylation is 1. The average molecular weight is 682 g/mol. The van der Waals surface area contributed by atoms with Gasteiger partial charge in [0.15, 0.2) is 5.82 Å². The minimum Gasteiger partial charge on any atom is -0.475 e. The van der Waals surface area contributed by atoms with Crippen molar-refractivity contribution in [1.29, 1.82) is 0 Å². The number of rotatable bonds is 8. The molecule has 15 heteroatoms. The van der Waals surface area contributed by atoms with Crippen molar-refractivity contribution in [2.75, 3.05) is 32.7 Å². The lowest BCUT2D eigenvalue weighted by atomic mass is 9.85. The number of carbonyl (C=O) groups excluding carboxylic acids is 2. The van der Waals surface area contributed by atoms with E-state index in [0.717, 1.165) is 20.4 Å². The standard InChI is InChI=1S/C34H37N11O3S/c1-21(2)48-26-8-4-6-23(39-26)29-30-24(7-5-12-36-30)45(40-29)27-16-34(11-13-35-19-34)33(47)44(27)18-28(46)43-14-9-22(10-15-43)32-37-17-25(49-32)31-38-20-42(3)41-31/h4-9,12,17,20-21,27,35H,10-11,13-16,18-19H2,1-3H3/t27-,34?/m0/s1/i18D2. The number of nitrogens with zero attached hydrogens (tertiary/aromatic N) is 10. The number of aromatic nitrogens is 8. The number of amides is 2. The van der Waals surface area contributed by atoms with Gasteiger partial charge in [0.05, 0.1) is 30.3 Å². The smallest absolute Gasteiger partial charge is 0.242 e. The molecule has 2 atom stereocenters. The molecule has 1 N–H and O–H groups in total. The summed E-state index contributed by atoms with van der Waals surface area (Å²) in [6.45, 7) is 2.66. The highest BCUT2D eigenvalue weighted by molar-refractivity contribution is 7.16. The van der Waals surface area contributed by atoms with Crippen molar-refractivity contribution in [2.45, 2.75) is 45.4 Å². The number of hydrogen-bond donors (Lipinski definition) is 1. The van der Waals surface area contributed by atoms with Crippen LogP contribution in [0.25, 0.3) is 38.7 Å². The molecule has 252 valence electrons. The lowest BCUT2D eigenvalue weighted by Crippen LogP contribution is -2.46. The highest BCUT2D eigenvalue weighted by Gasteiger charge is 2.54. The van der Waals surface area contributed by atoms with Crippen molar-refractivity contribution in [3.8, 4) is 28.0 Å². The minimum atomic E-state index is -2.66. The molecule has 5 aromatic heterocycles. The van der Waals surface area contributed by atoms with Gasteiger partial charge in [-0.25, -0.2) is 19.6 Å². The van der Waals surface area contributed by atoms with Crippen LogP contribution >= 0.6 is 11.3 Å². The molecule has 0 radical (unpaired) electrons. The fraction of sp³-hybridized carbons (Fsp3) is 0.412. The molecule has 0 saturated carbocycles. The fourth-order valence-corrected chi connectivity index (χ4v) is 7.69. The Hall–Kier alpha value is -5.02. The summed E-state index contributed by atoms with van der Waals surface area (Å²) >= 11 is 1.47. The summed E-state index contributed by atoms with van der Waals surface area (Å²) in [7, 11) is 1.81. The summed E-state index contributed by atoms with van der Waals surface area (Å²) in [5.74, 6) is -0.134. The molecule has 1 unspecified atom stereocenters. The molecule has 0 aliphatic carbocycles. The second kappa shape index (κ2) is 12.5. The van der Waals surface area contributed by atoms with Gasteiger partial charge < -0.3 is 19.9 Å². The van der Waals surface area contributed by atoms with Gasteiger partial charge in [-0.15, -0.1) is 11.3 Å². The highest BCUT2D eigenvalue weighted by atomic mass is 32.1. The number of ether oxygens (including phenoxy) is 1. The van der Waals surface area contributed by atoms with Crippen LogP contribution in [0.1, 0.15) is 47.0 Å². The molecule has 2 amide bonds. The third-order valence-electron chi connectivity index (χ3n) is 9.17. The van der Waals surface area contributed by atoms with Crippen molar-refractivity contribution in [3.05, 3.63) is 60.1 Å². The number of pyridine rings is 2. The maximum atomic E-state index is 14.4. The number of likely N-dealkylation sites (tertiary alicyclic amines) is 1. The van der Waals surface area contributed by atoms with Gasteiger partial charge in [-0.05, 0) is 57.0 Å². The Morgan fingerprint density at radius 1 is 1.20 bits per heavy atom. The monoisotopic (exact) mass is 681 g/mol. The van der Waals surface area contributed by atoms with E-state index >= 15 is 0 Å².